The van der Waals surface area contributed by atoms with Crippen LogP contribution in [0.15, 0.2) is 18.2 Å². The summed E-state index contributed by atoms with van der Waals surface area (Å²) in [6.45, 7) is 2.44. The fraction of sp³-hybridized carbons (Fsp3) is 0.462. The van der Waals surface area contributed by atoms with Gasteiger partial charge in [0.15, 0.2) is 0 Å². The molecule has 0 spiro atoms. The molecule has 2 N–H and O–H groups in total. The van der Waals surface area contributed by atoms with Crippen molar-refractivity contribution in [3.05, 3.63) is 29.3 Å². The van der Waals surface area contributed by atoms with Crippen LogP contribution >= 0.6 is 15.9 Å². The van der Waals surface area contributed by atoms with E-state index in [-0.39, 0.29) is 17.7 Å². The van der Waals surface area contributed by atoms with Gasteiger partial charge in [0.2, 0.25) is 0 Å². The second-order valence-electron chi connectivity index (χ2n) is 4.13. The number of phenols is 1. The van der Waals surface area contributed by atoms with Crippen LogP contribution in [0.5, 0.6) is 5.75 Å². The summed E-state index contributed by atoms with van der Waals surface area (Å²) in [6, 6.07) is 4.99. The molecule has 1 atom stereocenters. The molecule has 0 aliphatic rings. The van der Waals surface area contributed by atoms with E-state index in [0.717, 1.165) is 12.0 Å². The number of benzene rings is 1. The summed E-state index contributed by atoms with van der Waals surface area (Å²) in [6.07, 6.45) is 0.722. The summed E-state index contributed by atoms with van der Waals surface area (Å²) in [5.41, 5.74) is 1.21. The summed E-state index contributed by atoms with van der Waals surface area (Å²) in [7, 11) is 1.62. The lowest BCUT2D eigenvalue weighted by Crippen LogP contribution is -2.36. The van der Waals surface area contributed by atoms with E-state index in [1.54, 1.807) is 25.3 Å². The Bertz CT molecular complexity index is 409. The number of nitrogens with one attached hydrogen (secondary N) is 1. The SMILES string of the molecule is COCCC(CBr)NC(=O)c1ccc(C)cc1O. The molecule has 1 amide bonds. The number of halogens is 1. The van der Waals surface area contributed by atoms with Gasteiger partial charge in [0.05, 0.1) is 5.56 Å². The summed E-state index contributed by atoms with van der Waals surface area (Å²) in [5.74, 6) is -0.263. The van der Waals surface area contributed by atoms with Crippen LogP contribution in [0.2, 0.25) is 0 Å². The maximum absolute atomic E-state index is 12.0. The number of methoxy groups -OCH3 is 1. The van der Waals surface area contributed by atoms with E-state index in [0.29, 0.717) is 17.5 Å². The Morgan fingerprint density at radius 2 is 2.28 bits per heavy atom. The summed E-state index contributed by atoms with van der Waals surface area (Å²) >= 11 is 3.34. The number of hydrogen-bond acceptors (Lipinski definition) is 3. The van der Waals surface area contributed by atoms with E-state index < -0.39 is 0 Å². The minimum Gasteiger partial charge on any atom is -0.507 e. The number of carbonyl (C=O) groups is 1. The first-order valence-corrected chi connectivity index (χ1v) is 6.86. The molecule has 4 nitrogen and oxygen atoms in total. The molecule has 100 valence electrons. The molecule has 0 aliphatic carbocycles. The number of carbonyl (C=O) groups excluding carboxylic acids is 1. The highest BCUT2D eigenvalue weighted by molar-refractivity contribution is 9.09. The third kappa shape index (κ3) is 4.31. The molecular weight excluding hydrogens is 298 g/mol. The molecule has 0 heterocycles. The van der Waals surface area contributed by atoms with Gasteiger partial charge in [0.1, 0.15) is 5.75 Å². The van der Waals surface area contributed by atoms with Gasteiger partial charge in [0.25, 0.3) is 5.91 Å². The molecule has 0 saturated carbocycles. The van der Waals surface area contributed by atoms with Crippen LogP contribution in [0.3, 0.4) is 0 Å². The van der Waals surface area contributed by atoms with Crippen LogP contribution in [0.1, 0.15) is 22.3 Å². The zero-order valence-corrected chi connectivity index (χ0v) is 12.2. The molecule has 1 aromatic rings. The predicted molar refractivity (Wildman–Crippen MR) is 74.4 cm³/mol. The molecule has 0 bridgehead atoms. The second kappa shape index (κ2) is 7.38. The van der Waals surface area contributed by atoms with E-state index in [1.165, 1.54) is 0 Å². The molecule has 1 unspecified atom stereocenters. The quantitative estimate of drug-likeness (QED) is 0.791. The number of rotatable bonds is 6. The lowest BCUT2D eigenvalue weighted by molar-refractivity contribution is 0.0928. The van der Waals surface area contributed by atoms with E-state index >= 15 is 0 Å². The monoisotopic (exact) mass is 315 g/mol. The van der Waals surface area contributed by atoms with E-state index in [2.05, 4.69) is 21.2 Å². The van der Waals surface area contributed by atoms with Crippen molar-refractivity contribution < 1.29 is 14.6 Å². The highest BCUT2D eigenvalue weighted by Crippen LogP contribution is 2.18. The topological polar surface area (TPSA) is 58.6 Å². The third-order valence-electron chi connectivity index (χ3n) is 2.59. The molecule has 0 radical (unpaired) electrons. The first kappa shape index (κ1) is 15.0. The minimum atomic E-state index is -0.270. The number of alkyl halides is 1. The fourth-order valence-electron chi connectivity index (χ4n) is 1.54. The summed E-state index contributed by atoms with van der Waals surface area (Å²) in [4.78, 5) is 12.0. The molecular formula is C13H18BrNO3. The van der Waals surface area contributed by atoms with Crippen molar-refractivity contribution in [1.82, 2.24) is 5.32 Å². The van der Waals surface area contributed by atoms with Crippen molar-refractivity contribution in [1.29, 1.82) is 0 Å². The van der Waals surface area contributed by atoms with Crippen molar-refractivity contribution in [3.8, 4) is 5.75 Å². The van der Waals surface area contributed by atoms with Crippen molar-refractivity contribution >= 4 is 21.8 Å². The van der Waals surface area contributed by atoms with Crippen molar-refractivity contribution in [2.75, 3.05) is 19.0 Å². The molecule has 1 rings (SSSR count). The van der Waals surface area contributed by atoms with Crippen LogP contribution in [0.25, 0.3) is 0 Å². The molecule has 1 aromatic carbocycles. The van der Waals surface area contributed by atoms with Crippen LogP contribution in [0, 0.1) is 6.92 Å². The number of aryl methyl sites for hydroxylation is 1. The number of amides is 1. The van der Waals surface area contributed by atoms with Crippen LogP contribution < -0.4 is 5.32 Å². The maximum atomic E-state index is 12.0. The normalized spacial score (nSPS) is 12.2. The molecule has 0 saturated heterocycles. The Hall–Kier alpha value is -1.07. The van der Waals surface area contributed by atoms with Gasteiger partial charge in [-0.3, -0.25) is 4.79 Å². The Labute approximate surface area is 115 Å². The van der Waals surface area contributed by atoms with Gasteiger partial charge in [-0.1, -0.05) is 22.0 Å². The average molecular weight is 316 g/mol. The van der Waals surface area contributed by atoms with Crippen molar-refractivity contribution in [2.45, 2.75) is 19.4 Å². The van der Waals surface area contributed by atoms with Gasteiger partial charge in [-0.05, 0) is 31.0 Å². The molecule has 0 aromatic heterocycles. The standard InChI is InChI=1S/C13H18BrNO3/c1-9-3-4-11(12(16)7-9)13(17)15-10(8-14)5-6-18-2/h3-4,7,10,16H,5-6,8H2,1-2H3,(H,15,17). The summed E-state index contributed by atoms with van der Waals surface area (Å²) < 4.78 is 4.98. The number of ether oxygens (including phenoxy) is 1. The lowest BCUT2D eigenvalue weighted by atomic mass is 10.1. The van der Waals surface area contributed by atoms with Gasteiger partial charge in [-0.15, -0.1) is 0 Å². The van der Waals surface area contributed by atoms with Crippen LogP contribution in [-0.2, 0) is 4.74 Å². The van der Waals surface area contributed by atoms with Crippen LogP contribution in [0.4, 0.5) is 0 Å². The Kier molecular flexibility index (Phi) is 6.15. The first-order chi connectivity index (χ1) is 8.58. The smallest absolute Gasteiger partial charge is 0.255 e. The fourth-order valence-corrected chi connectivity index (χ4v) is 2.03. The molecule has 5 heteroatoms. The second-order valence-corrected chi connectivity index (χ2v) is 4.77. The highest BCUT2D eigenvalue weighted by Gasteiger charge is 2.15. The Morgan fingerprint density at radius 1 is 1.56 bits per heavy atom. The van der Waals surface area contributed by atoms with E-state index in [9.17, 15) is 9.90 Å². The van der Waals surface area contributed by atoms with Gasteiger partial charge in [-0.2, -0.15) is 0 Å². The predicted octanol–water partition coefficient (Wildman–Crippen LogP) is 2.23. The molecule has 18 heavy (non-hydrogen) atoms. The number of hydrogen-bond donors (Lipinski definition) is 2. The first-order valence-electron chi connectivity index (χ1n) is 5.74. The maximum Gasteiger partial charge on any atom is 0.255 e. The van der Waals surface area contributed by atoms with Gasteiger partial charge >= 0.3 is 0 Å². The van der Waals surface area contributed by atoms with Gasteiger partial charge in [0, 0.05) is 25.1 Å². The minimum absolute atomic E-state index is 0.00700. The zero-order chi connectivity index (χ0) is 13.5. The van der Waals surface area contributed by atoms with E-state index in [4.69, 9.17) is 4.74 Å². The zero-order valence-electron chi connectivity index (χ0n) is 10.6. The van der Waals surface area contributed by atoms with Crippen molar-refractivity contribution in [3.63, 3.8) is 0 Å². The van der Waals surface area contributed by atoms with Crippen molar-refractivity contribution in [2.24, 2.45) is 0 Å². The largest absolute Gasteiger partial charge is 0.507 e. The molecule has 0 fully saturated rings. The Morgan fingerprint density at radius 3 is 2.83 bits per heavy atom. The van der Waals surface area contributed by atoms with Crippen LogP contribution in [-0.4, -0.2) is 36.1 Å². The van der Waals surface area contributed by atoms with Gasteiger partial charge in [-0.25, -0.2) is 0 Å². The van der Waals surface area contributed by atoms with E-state index in [1.807, 2.05) is 6.92 Å². The lowest BCUT2D eigenvalue weighted by Gasteiger charge is -2.16. The number of phenolic OH excluding ortho intramolecular Hbond substituents is 1. The summed E-state index contributed by atoms with van der Waals surface area (Å²) in [5, 5.41) is 13.2. The Balaban J connectivity index is 2.68. The molecule has 0 aliphatic heterocycles. The average Bonchev–Trinajstić information content (AvgIpc) is 2.34. The number of aromatic hydroxyl groups is 1. The third-order valence-corrected chi connectivity index (χ3v) is 3.37. The highest BCUT2D eigenvalue weighted by atomic mass is 79.9. The van der Waals surface area contributed by atoms with Gasteiger partial charge < -0.3 is 15.2 Å².